The number of amides is 2. The van der Waals surface area contributed by atoms with Crippen LogP contribution in [0.5, 0.6) is 5.75 Å². The molecule has 0 aliphatic carbocycles. The molecule has 5 heteroatoms. The monoisotopic (exact) mass is 408 g/mol. The van der Waals surface area contributed by atoms with Crippen LogP contribution in [-0.4, -0.2) is 47.9 Å². The molecule has 0 fully saturated rings. The molecule has 3 rings (SSSR count). The number of hydrogen-bond acceptors (Lipinski definition) is 3. The summed E-state index contributed by atoms with van der Waals surface area (Å²) in [6.45, 7) is 9.87. The van der Waals surface area contributed by atoms with Gasteiger partial charge in [-0.25, -0.2) is 0 Å². The minimum atomic E-state index is -0.146. The van der Waals surface area contributed by atoms with Crippen molar-refractivity contribution in [2.45, 2.75) is 40.2 Å². The van der Waals surface area contributed by atoms with Crippen LogP contribution in [0, 0.1) is 5.92 Å². The molecule has 0 saturated carbocycles. The largest absolute Gasteiger partial charge is 0.484 e. The molecule has 5 nitrogen and oxygen atoms in total. The Labute approximate surface area is 179 Å². The summed E-state index contributed by atoms with van der Waals surface area (Å²) in [4.78, 5) is 29.0. The lowest BCUT2D eigenvalue weighted by Gasteiger charge is -2.39. The van der Waals surface area contributed by atoms with E-state index in [-0.39, 0.29) is 30.4 Å². The summed E-state index contributed by atoms with van der Waals surface area (Å²) in [6.07, 6.45) is 0.815. The Morgan fingerprint density at radius 1 is 1.10 bits per heavy atom. The van der Waals surface area contributed by atoms with E-state index in [9.17, 15) is 9.59 Å². The smallest absolute Gasteiger partial charge is 0.260 e. The van der Waals surface area contributed by atoms with Gasteiger partial charge >= 0.3 is 0 Å². The lowest BCUT2D eigenvalue weighted by Crippen LogP contribution is -2.42. The predicted molar refractivity (Wildman–Crippen MR) is 118 cm³/mol. The van der Waals surface area contributed by atoms with Crippen LogP contribution in [0.2, 0.25) is 0 Å². The van der Waals surface area contributed by atoms with Gasteiger partial charge in [0.25, 0.3) is 5.91 Å². The third-order valence-electron chi connectivity index (χ3n) is 5.72. The Hall–Kier alpha value is -2.82. The van der Waals surface area contributed by atoms with E-state index in [1.165, 1.54) is 5.56 Å². The van der Waals surface area contributed by atoms with Crippen molar-refractivity contribution in [1.29, 1.82) is 0 Å². The second-order valence-corrected chi connectivity index (χ2v) is 7.96. The summed E-state index contributed by atoms with van der Waals surface area (Å²) in [5.41, 5.74) is 3.39. The van der Waals surface area contributed by atoms with Gasteiger partial charge < -0.3 is 14.5 Å². The number of hydrogen-bond donors (Lipinski definition) is 0. The Balaban J connectivity index is 1.92. The standard InChI is InChI=1S/C25H32N2O3/c1-5-26(6-2)23(28)17-30-21-13-12-19-14-15-27(25(29)18(3)4)24(22(19)16-21)20-10-8-7-9-11-20/h7-13,16,18,24H,5-6,14-15,17H2,1-4H3. The van der Waals surface area contributed by atoms with Gasteiger partial charge in [-0.15, -0.1) is 0 Å². The van der Waals surface area contributed by atoms with Crippen LogP contribution in [0.25, 0.3) is 0 Å². The Morgan fingerprint density at radius 3 is 2.43 bits per heavy atom. The summed E-state index contributed by atoms with van der Waals surface area (Å²) in [5.74, 6) is 0.726. The van der Waals surface area contributed by atoms with E-state index in [4.69, 9.17) is 4.74 Å². The molecule has 2 amide bonds. The molecule has 1 aliphatic heterocycles. The third kappa shape index (κ3) is 4.66. The fourth-order valence-electron chi connectivity index (χ4n) is 4.06. The fourth-order valence-corrected chi connectivity index (χ4v) is 4.06. The van der Waals surface area contributed by atoms with Crippen molar-refractivity contribution in [2.24, 2.45) is 5.92 Å². The molecular weight excluding hydrogens is 376 g/mol. The lowest BCUT2D eigenvalue weighted by molar-refractivity contribution is -0.136. The van der Waals surface area contributed by atoms with Gasteiger partial charge in [0.1, 0.15) is 5.75 Å². The van der Waals surface area contributed by atoms with Crippen molar-refractivity contribution in [1.82, 2.24) is 9.80 Å². The molecule has 0 saturated heterocycles. The lowest BCUT2D eigenvalue weighted by atomic mass is 9.87. The van der Waals surface area contributed by atoms with E-state index < -0.39 is 0 Å². The highest BCUT2D eigenvalue weighted by Gasteiger charge is 2.33. The zero-order chi connectivity index (χ0) is 21.7. The molecule has 160 valence electrons. The summed E-state index contributed by atoms with van der Waals surface area (Å²) < 4.78 is 5.85. The van der Waals surface area contributed by atoms with E-state index in [2.05, 4.69) is 18.2 Å². The molecule has 0 spiro atoms. The summed E-state index contributed by atoms with van der Waals surface area (Å²) in [7, 11) is 0. The van der Waals surface area contributed by atoms with Crippen LogP contribution in [0.3, 0.4) is 0 Å². The molecule has 0 N–H and O–H groups in total. The number of fused-ring (bicyclic) bond motifs is 1. The topological polar surface area (TPSA) is 49.9 Å². The predicted octanol–water partition coefficient (Wildman–Crippen LogP) is 4.06. The first-order chi connectivity index (χ1) is 14.5. The first-order valence-electron chi connectivity index (χ1n) is 10.8. The Kier molecular flexibility index (Phi) is 7.14. The van der Waals surface area contributed by atoms with Crippen LogP contribution >= 0.6 is 0 Å². The maximum atomic E-state index is 13.0. The second kappa shape index (κ2) is 9.79. The molecule has 0 bridgehead atoms. The van der Waals surface area contributed by atoms with Gasteiger partial charge in [-0.05, 0) is 49.1 Å². The average Bonchev–Trinajstić information content (AvgIpc) is 2.77. The SMILES string of the molecule is CCN(CC)C(=O)COc1ccc2c(c1)C(c1ccccc1)N(C(=O)C(C)C)CC2. The quantitative estimate of drug-likeness (QED) is 0.694. The van der Waals surface area contributed by atoms with Crippen LogP contribution in [0.15, 0.2) is 48.5 Å². The van der Waals surface area contributed by atoms with Crippen molar-refractivity contribution in [3.63, 3.8) is 0 Å². The normalized spacial score (nSPS) is 15.6. The minimum Gasteiger partial charge on any atom is -0.484 e. The number of benzene rings is 2. The molecule has 1 heterocycles. The maximum absolute atomic E-state index is 13.0. The fraction of sp³-hybridized carbons (Fsp3) is 0.440. The van der Waals surface area contributed by atoms with Gasteiger partial charge in [0.15, 0.2) is 6.61 Å². The van der Waals surface area contributed by atoms with Crippen molar-refractivity contribution >= 4 is 11.8 Å². The van der Waals surface area contributed by atoms with Crippen LogP contribution < -0.4 is 4.74 Å². The molecule has 0 radical (unpaired) electrons. The zero-order valence-corrected chi connectivity index (χ0v) is 18.4. The number of rotatable bonds is 7. The highest BCUT2D eigenvalue weighted by molar-refractivity contribution is 5.80. The summed E-state index contributed by atoms with van der Waals surface area (Å²) in [6, 6.07) is 16.0. The van der Waals surface area contributed by atoms with Crippen molar-refractivity contribution < 1.29 is 14.3 Å². The first kappa shape index (κ1) is 21.9. The van der Waals surface area contributed by atoms with E-state index in [0.717, 1.165) is 17.5 Å². The number of nitrogens with zero attached hydrogens (tertiary/aromatic N) is 2. The zero-order valence-electron chi connectivity index (χ0n) is 18.4. The van der Waals surface area contributed by atoms with Crippen molar-refractivity contribution in [3.8, 4) is 5.75 Å². The highest BCUT2D eigenvalue weighted by Crippen LogP contribution is 2.37. The molecular formula is C25H32N2O3. The maximum Gasteiger partial charge on any atom is 0.260 e. The Bertz CT molecular complexity index is 875. The Morgan fingerprint density at radius 2 is 1.80 bits per heavy atom. The molecule has 2 aromatic carbocycles. The van der Waals surface area contributed by atoms with Gasteiger partial charge in [-0.2, -0.15) is 0 Å². The summed E-state index contributed by atoms with van der Waals surface area (Å²) in [5, 5.41) is 0. The molecule has 1 aliphatic rings. The van der Waals surface area contributed by atoms with Gasteiger partial charge in [0, 0.05) is 25.6 Å². The van der Waals surface area contributed by atoms with Crippen LogP contribution in [0.1, 0.15) is 50.4 Å². The van der Waals surface area contributed by atoms with Crippen LogP contribution in [-0.2, 0) is 16.0 Å². The molecule has 0 aromatic heterocycles. The number of ether oxygens (including phenoxy) is 1. The number of likely N-dealkylation sites (N-methyl/N-ethyl adjacent to an activating group) is 1. The van der Waals surface area contributed by atoms with Gasteiger partial charge in [-0.3, -0.25) is 9.59 Å². The van der Waals surface area contributed by atoms with Crippen molar-refractivity contribution in [3.05, 3.63) is 65.2 Å². The van der Waals surface area contributed by atoms with E-state index in [0.29, 0.717) is 25.4 Å². The van der Waals surface area contributed by atoms with Gasteiger partial charge in [0.2, 0.25) is 5.91 Å². The molecule has 1 atom stereocenters. The summed E-state index contributed by atoms with van der Waals surface area (Å²) >= 11 is 0. The highest BCUT2D eigenvalue weighted by atomic mass is 16.5. The average molecular weight is 409 g/mol. The second-order valence-electron chi connectivity index (χ2n) is 7.96. The van der Waals surface area contributed by atoms with Crippen molar-refractivity contribution in [2.75, 3.05) is 26.2 Å². The molecule has 2 aromatic rings. The van der Waals surface area contributed by atoms with E-state index in [1.54, 1.807) is 4.90 Å². The third-order valence-corrected chi connectivity index (χ3v) is 5.72. The number of carbonyl (C=O) groups excluding carboxylic acids is 2. The van der Waals surface area contributed by atoms with E-state index >= 15 is 0 Å². The molecule has 1 unspecified atom stereocenters. The minimum absolute atomic E-state index is 0.0190. The van der Waals surface area contributed by atoms with Gasteiger partial charge in [0.05, 0.1) is 6.04 Å². The first-order valence-corrected chi connectivity index (χ1v) is 10.8. The van der Waals surface area contributed by atoms with Crippen LogP contribution in [0.4, 0.5) is 0 Å². The number of carbonyl (C=O) groups is 2. The van der Waals surface area contributed by atoms with E-state index in [1.807, 2.05) is 62.9 Å². The van der Waals surface area contributed by atoms with Gasteiger partial charge in [-0.1, -0.05) is 50.2 Å². The molecule has 30 heavy (non-hydrogen) atoms.